The van der Waals surface area contributed by atoms with Gasteiger partial charge < -0.3 is 19.6 Å². The van der Waals surface area contributed by atoms with E-state index in [1.54, 1.807) is 4.90 Å². The van der Waals surface area contributed by atoms with Gasteiger partial charge in [0.05, 0.1) is 18.8 Å². The van der Waals surface area contributed by atoms with E-state index in [-0.39, 0.29) is 12.0 Å². The van der Waals surface area contributed by atoms with E-state index >= 15 is 0 Å². The van der Waals surface area contributed by atoms with Gasteiger partial charge in [0.1, 0.15) is 24.4 Å². The minimum Gasteiger partial charge on any atom is -0.387 e. The molecule has 1 amide bonds. The Balaban J connectivity index is 2.20. The van der Waals surface area contributed by atoms with Crippen LogP contribution in [0, 0.1) is 6.92 Å². The number of carbonyl (C=O) groups excluding carboxylic acids is 1. The first-order valence-corrected chi connectivity index (χ1v) is 6.54. The van der Waals surface area contributed by atoms with Crippen molar-refractivity contribution in [2.24, 2.45) is 0 Å². The third-order valence-corrected chi connectivity index (χ3v) is 3.19. The van der Waals surface area contributed by atoms with Crippen molar-refractivity contribution < 1.29 is 14.6 Å². The molecule has 20 heavy (non-hydrogen) atoms. The van der Waals surface area contributed by atoms with E-state index in [4.69, 9.17) is 9.84 Å². The zero-order valence-electron chi connectivity index (χ0n) is 12.0. The van der Waals surface area contributed by atoms with Gasteiger partial charge in [-0.2, -0.15) is 0 Å². The normalized spacial score (nSPS) is 19.0. The van der Waals surface area contributed by atoms with Gasteiger partial charge in [-0.05, 0) is 6.92 Å². The van der Waals surface area contributed by atoms with Crippen LogP contribution in [0.2, 0.25) is 0 Å². The fraction of sp³-hybridized carbons (Fsp3) is 0.615. The van der Waals surface area contributed by atoms with Crippen LogP contribution in [0.5, 0.6) is 0 Å². The molecule has 1 aliphatic heterocycles. The minimum absolute atomic E-state index is 0.278. The lowest BCUT2D eigenvalue weighted by molar-refractivity contribution is -0.142. The van der Waals surface area contributed by atoms with Crippen molar-refractivity contribution in [2.45, 2.75) is 13.0 Å². The van der Waals surface area contributed by atoms with E-state index in [0.29, 0.717) is 25.5 Å². The summed E-state index contributed by atoms with van der Waals surface area (Å²) >= 11 is 0. The maximum absolute atomic E-state index is 11.6. The Kier molecular flexibility index (Phi) is 4.51. The molecule has 1 aromatic rings. The number of nitrogens with zero attached hydrogens (tertiary/aromatic N) is 4. The molecule has 1 N–H and O–H groups in total. The number of anilines is 1. The van der Waals surface area contributed by atoms with Gasteiger partial charge in [0.25, 0.3) is 0 Å². The molecule has 2 rings (SSSR count). The summed E-state index contributed by atoms with van der Waals surface area (Å²) < 4.78 is 5.69. The Morgan fingerprint density at radius 2 is 2.30 bits per heavy atom. The van der Waals surface area contributed by atoms with E-state index < -0.39 is 6.61 Å². The second-order valence-electron chi connectivity index (χ2n) is 4.95. The van der Waals surface area contributed by atoms with E-state index in [0.717, 1.165) is 11.5 Å². The van der Waals surface area contributed by atoms with E-state index in [1.807, 2.05) is 32.0 Å². The highest BCUT2D eigenvalue weighted by Gasteiger charge is 2.26. The third kappa shape index (κ3) is 3.23. The van der Waals surface area contributed by atoms with Crippen molar-refractivity contribution in [3.05, 3.63) is 17.6 Å². The van der Waals surface area contributed by atoms with Crippen molar-refractivity contribution in [3.8, 4) is 0 Å². The summed E-state index contributed by atoms with van der Waals surface area (Å²) in [7, 11) is 3.82. The third-order valence-electron chi connectivity index (χ3n) is 3.19. The highest BCUT2D eigenvalue weighted by molar-refractivity contribution is 5.77. The Hall–Kier alpha value is -1.73. The SMILES string of the molecule is Cc1nc(C2CN(C(=O)CO)CCO2)cc(N(C)C)n1. The van der Waals surface area contributed by atoms with Gasteiger partial charge in [-0.15, -0.1) is 0 Å². The molecule has 1 aliphatic rings. The lowest BCUT2D eigenvalue weighted by Gasteiger charge is -2.32. The summed E-state index contributed by atoms with van der Waals surface area (Å²) in [5.41, 5.74) is 0.761. The number of carbonyl (C=O) groups is 1. The number of rotatable bonds is 3. The Morgan fingerprint density at radius 3 is 2.95 bits per heavy atom. The average Bonchev–Trinajstić information content (AvgIpc) is 2.45. The molecule has 1 atom stereocenters. The van der Waals surface area contributed by atoms with Crippen molar-refractivity contribution in [1.82, 2.24) is 14.9 Å². The van der Waals surface area contributed by atoms with Gasteiger partial charge in [0.15, 0.2) is 0 Å². The Labute approximate surface area is 118 Å². The zero-order valence-corrected chi connectivity index (χ0v) is 12.0. The number of amides is 1. The highest BCUT2D eigenvalue weighted by Crippen LogP contribution is 2.23. The number of hydrogen-bond acceptors (Lipinski definition) is 6. The Morgan fingerprint density at radius 1 is 1.55 bits per heavy atom. The standard InChI is InChI=1S/C13H20N4O3/c1-9-14-10(6-12(15-9)16(2)3)11-7-17(4-5-20-11)13(19)8-18/h6,11,18H,4-5,7-8H2,1-3H3. The Bertz CT molecular complexity index is 493. The van der Waals surface area contributed by atoms with E-state index in [9.17, 15) is 4.79 Å². The summed E-state index contributed by atoms with van der Waals surface area (Å²) in [6.07, 6.45) is -0.278. The number of aliphatic hydroxyl groups is 1. The highest BCUT2D eigenvalue weighted by atomic mass is 16.5. The second-order valence-corrected chi connectivity index (χ2v) is 4.95. The first kappa shape index (κ1) is 14.7. The summed E-state index contributed by atoms with van der Waals surface area (Å²) in [4.78, 5) is 23.8. The predicted octanol–water partition coefficient (Wildman–Crippen LogP) is -0.257. The predicted molar refractivity (Wildman–Crippen MR) is 73.5 cm³/mol. The molecule has 1 saturated heterocycles. The number of aryl methyl sites for hydroxylation is 1. The molecule has 0 aromatic carbocycles. The molecule has 0 bridgehead atoms. The van der Waals surface area contributed by atoms with Crippen LogP contribution in [0.25, 0.3) is 0 Å². The van der Waals surface area contributed by atoms with Gasteiger partial charge in [-0.25, -0.2) is 9.97 Å². The monoisotopic (exact) mass is 280 g/mol. The van der Waals surface area contributed by atoms with Gasteiger partial charge in [-0.1, -0.05) is 0 Å². The van der Waals surface area contributed by atoms with Gasteiger partial charge >= 0.3 is 0 Å². The van der Waals surface area contributed by atoms with Crippen molar-refractivity contribution in [1.29, 1.82) is 0 Å². The molecule has 0 radical (unpaired) electrons. The van der Waals surface area contributed by atoms with Crippen molar-refractivity contribution in [3.63, 3.8) is 0 Å². The lowest BCUT2D eigenvalue weighted by Crippen LogP contribution is -2.43. The first-order valence-electron chi connectivity index (χ1n) is 6.54. The molecule has 2 heterocycles. The minimum atomic E-state index is -0.474. The van der Waals surface area contributed by atoms with Crippen molar-refractivity contribution >= 4 is 11.7 Å². The molecule has 1 unspecified atom stereocenters. The number of hydrogen-bond donors (Lipinski definition) is 1. The molecule has 0 aliphatic carbocycles. The van der Waals surface area contributed by atoms with Crippen LogP contribution in [0.4, 0.5) is 5.82 Å². The molecule has 1 aromatic heterocycles. The number of aromatic nitrogens is 2. The second kappa shape index (κ2) is 6.15. The first-order chi connectivity index (χ1) is 9.51. The number of morpholine rings is 1. The van der Waals surface area contributed by atoms with Gasteiger partial charge in [0.2, 0.25) is 5.91 Å². The average molecular weight is 280 g/mol. The molecular formula is C13H20N4O3. The lowest BCUT2D eigenvalue weighted by atomic mass is 10.2. The van der Waals surface area contributed by atoms with E-state index in [1.165, 1.54) is 0 Å². The van der Waals surface area contributed by atoms with Gasteiger partial charge in [-0.3, -0.25) is 4.79 Å². The maximum atomic E-state index is 11.6. The fourth-order valence-electron chi connectivity index (χ4n) is 2.12. The zero-order chi connectivity index (χ0) is 14.7. The van der Waals surface area contributed by atoms with Crippen LogP contribution in [-0.2, 0) is 9.53 Å². The molecule has 110 valence electrons. The van der Waals surface area contributed by atoms with Crippen LogP contribution in [0.15, 0.2) is 6.07 Å². The fourth-order valence-corrected chi connectivity index (χ4v) is 2.12. The summed E-state index contributed by atoms with van der Waals surface area (Å²) in [6.45, 7) is 2.70. The number of aliphatic hydroxyl groups excluding tert-OH is 1. The topological polar surface area (TPSA) is 78.8 Å². The molecule has 0 saturated carbocycles. The van der Waals surface area contributed by atoms with Crippen LogP contribution in [0.1, 0.15) is 17.6 Å². The smallest absolute Gasteiger partial charge is 0.248 e. The molecule has 7 nitrogen and oxygen atoms in total. The summed E-state index contributed by atoms with van der Waals surface area (Å²) in [6, 6.07) is 1.87. The summed E-state index contributed by atoms with van der Waals surface area (Å²) in [5, 5.41) is 8.94. The molecule has 1 fully saturated rings. The van der Waals surface area contributed by atoms with Crippen molar-refractivity contribution in [2.75, 3.05) is 45.3 Å². The van der Waals surface area contributed by atoms with Gasteiger partial charge in [0, 0.05) is 26.7 Å². The number of ether oxygens (including phenoxy) is 1. The van der Waals surface area contributed by atoms with Crippen LogP contribution in [0.3, 0.4) is 0 Å². The largest absolute Gasteiger partial charge is 0.387 e. The van der Waals surface area contributed by atoms with E-state index in [2.05, 4.69) is 9.97 Å². The quantitative estimate of drug-likeness (QED) is 0.822. The van der Waals surface area contributed by atoms with Crippen LogP contribution < -0.4 is 4.90 Å². The molecule has 7 heteroatoms. The molecule has 0 spiro atoms. The summed E-state index contributed by atoms with van der Waals surface area (Å²) in [5.74, 6) is 1.19. The maximum Gasteiger partial charge on any atom is 0.248 e. The molecular weight excluding hydrogens is 260 g/mol. The van der Waals surface area contributed by atoms with Crippen LogP contribution in [-0.4, -0.2) is 66.3 Å². The van der Waals surface area contributed by atoms with Crippen LogP contribution >= 0.6 is 0 Å².